The van der Waals surface area contributed by atoms with E-state index in [9.17, 15) is 22.7 Å². The lowest BCUT2D eigenvalue weighted by atomic mass is 10.0. The van der Waals surface area contributed by atoms with E-state index < -0.39 is 22.1 Å². The molecule has 0 aliphatic rings. The lowest BCUT2D eigenvalue weighted by Crippen LogP contribution is -2.12. The predicted molar refractivity (Wildman–Crippen MR) is 133 cm³/mol. The summed E-state index contributed by atoms with van der Waals surface area (Å²) in [4.78, 5) is 12.9. The van der Waals surface area contributed by atoms with Gasteiger partial charge in [0.1, 0.15) is 34.2 Å². The third-order valence-electron chi connectivity index (χ3n) is 5.25. The number of benzene rings is 3. The van der Waals surface area contributed by atoms with Gasteiger partial charge in [-0.1, -0.05) is 0 Å². The van der Waals surface area contributed by atoms with Crippen LogP contribution >= 0.6 is 0 Å². The van der Waals surface area contributed by atoms with Crippen LogP contribution in [0, 0.1) is 5.82 Å². The molecule has 0 saturated carbocycles. The molecule has 8 nitrogen and oxygen atoms in total. The molecule has 4 aromatic rings. The topological polar surface area (TPSA) is 115 Å². The monoisotopic (exact) mass is 513 g/mol. The summed E-state index contributed by atoms with van der Waals surface area (Å²) in [6.07, 6.45) is -0.0362. The van der Waals surface area contributed by atoms with E-state index >= 15 is 0 Å². The second-order valence-corrected chi connectivity index (χ2v) is 9.84. The number of carbonyl (C=O) groups is 1. The van der Waals surface area contributed by atoms with Gasteiger partial charge in [-0.3, -0.25) is 4.72 Å². The second kappa shape index (κ2) is 10.00. The summed E-state index contributed by atoms with van der Waals surface area (Å²) in [7, 11) is -3.64. The molecule has 1 heterocycles. The number of esters is 1. The first-order valence-corrected chi connectivity index (χ1v) is 12.9. The number of hydrogen-bond acceptors (Lipinski definition) is 7. The van der Waals surface area contributed by atoms with Gasteiger partial charge in [0.25, 0.3) is 0 Å². The van der Waals surface area contributed by atoms with Crippen LogP contribution in [0.2, 0.25) is 0 Å². The van der Waals surface area contributed by atoms with Crippen LogP contribution in [-0.4, -0.2) is 32.4 Å². The number of ether oxygens (including phenoxy) is 2. The molecule has 1 unspecified atom stereocenters. The van der Waals surface area contributed by atoms with E-state index in [1.165, 1.54) is 43.3 Å². The Hall–Kier alpha value is -3.89. The molecule has 0 aliphatic carbocycles. The number of aliphatic hydroxyl groups is 1. The lowest BCUT2D eigenvalue weighted by molar-refractivity contribution is 0.0528. The Morgan fingerprint density at radius 3 is 2.25 bits per heavy atom. The van der Waals surface area contributed by atoms with Gasteiger partial charge in [0.15, 0.2) is 0 Å². The van der Waals surface area contributed by atoms with Gasteiger partial charge in [-0.05, 0) is 68.4 Å². The maximum atomic E-state index is 13.1. The molecule has 3 aromatic carbocycles. The van der Waals surface area contributed by atoms with E-state index in [-0.39, 0.29) is 40.6 Å². The highest BCUT2D eigenvalue weighted by atomic mass is 32.2. The third kappa shape index (κ3) is 5.50. The van der Waals surface area contributed by atoms with Gasteiger partial charge in [-0.2, -0.15) is 0 Å². The molecule has 1 atom stereocenters. The molecule has 0 bridgehead atoms. The SMILES string of the molecule is CCOC(=O)c1c(-c2ccc(Oc3ccc(F)cc3)cc2)oc2cc(NS(C)(=O)=O)c(C(C)O)cc12. The Morgan fingerprint density at radius 1 is 1.08 bits per heavy atom. The van der Waals surface area contributed by atoms with Crippen molar-refractivity contribution < 1.29 is 36.6 Å². The van der Waals surface area contributed by atoms with Gasteiger partial charge >= 0.3 is 5.97 Å². The second-order valence-electron chi connectivity index (χ2n) is 8.09. The molecule has 2 N–H and O–H groups in total. The van der Waals surface area contributed by atoms with Crippen molar-refractivity contribution in [3.8, 4) is 22.8 Å². The van der Waals surface area contributed by atoms with E-state index in [2.05, 4.69) is 4.72 Å². The number of carbonyl (C=O) groups excluding carboxylic acids is 1. The van der Waals surface area contributed by atoms with Crippen molar-refractivity contribution in [3.05, 3.63) is 77.6 Å². The van der Waals surface area contributed by atoms with Gasteiger partial charge in [0.05, 0.1) is 24.7 Å². The molecule has 10 heteroatoms. The highest BCUT2D eigenvalue weighted by Crippen LogP contribution is 2.39. The molecular weight excluding hydrogens is 489 g/mol. The van der Waals surface area contributed by atoms with E-state index in [4.69, 9.17) is 13.9 Å². The van der Waals surface area contributed by atoms with Crippen LogP contribution in [0.4, 0.5) is 10.1 Å². The summed E-state index contributed by atoms with van der Waals surface area (Å²) in [6.45, 7) is 3.29. The number of hydrogen-bond donors (Lipinski definition) is 2. The van der Waals surface area contributed by atoms with Gasteiger partial charge < -0.3 is 19.0 Å². The van der Waals surface area contributed by atoms with E-state index in [0.717, 1.165) is 6.26 Å². The van der Waals surface area contributed by atoms with Crippen molar-refractivity contribution in [1.29, 1.82) is 0 Å². The Labute approximate surface area is 207 Å². The minimum atomic E-state index is -3.64. The highest BCUT2D eigenvalue weighted by molar-refractivity contribution is 7.92. The zero-order chi connectivity index (χ0) is 26.0. The van der Waals surface area contributed by atoms with Crippen LogP contribution < -0.4 is 9.46 Å². The zero-order valence-corrected chi connectivity index (χ0v) is 20.6. The number of halogens is 1. The molecule has 1 aromatic heterocycles. The van der Waals surface area contributed by atoms with Crippen LogP contribution in [0.1, 0.15) is 35.9 Å². The first-order chi connectivity index (χ1) is 17.1. The Morgan fingerprint density at radius 2 is 1.69 bits per heavy atom. The van der Waals surface area contributed by atoms with Crippen molar-refractivity contribution in [3.63, 3.8) is 0 Å². The molecule has 0 aliphatic heterocycles. The van der Waals surface area contributed by atoms with E-state index in [1.54, 1.807) is 31.2 Å². The number of nitrogens with one attached hydrogen (secondary N) is 1. The number of anilines is 1. The third-order valence-corrected chi connectivity index (χ3v) is 5.84. The van der Waals surface area contributed by atoms with Gasteiger partial charge in [0.2, 0.25) is 10.0 Å². The molecule has 0 spiro atoms. The maximum absolute atomic E-state index is 13.1. The van der Waals surface area contributed by atoms with Crippen molar-refractivity contribution >= 4 is 32.6 Å². The molecule has 0 radical (unpaired) electrons. The molecule has 0 fully saturated rings. The van der Waals surface area contributed by atoms with E-state index in [0.29, 0.717) is 22.4 Å². The first kappa shape index (κ1) is 25.2. The summed E-state index contributed by atoms with van der Waals surface area (Å²) in [6, 6.07) is 15.2. The minimum Gasteiger partial charge on any atom is -0.462 e. The molecule has 188 valence electrons. The number of rotatable bonds is 8. The molecule has 4 rings (SSSR count). The predicted octanol–water partition coefficient (Wildman–Crippen LogP) is 5.63. The van der Waals surface area contributed by atoms with Crippen LogP contribution in [0.15, 0.2) is 65.1 Å². The molecule has 36 heavy (non-hydrogen) atoms. The normalized spacial score (nSPS) is 12.4. The largest absolute Gasteiger partial charge is 0.462 e. The number of aliphatic hydroxyl groups excluding tert-OH is 1. The van der Waals surface area contributed by atoms with Gasteiger partial charge in [-0.25, -0.2) is 17.6 Å². The number of furan rings is 1. The van der Waals surface area contributed by atoms with Crippen LogP contribution in [0.3, 0.4) is 0 Å². The Bertz CT molecular complexity index is 1510. The summed E-state index contributed by atoms with van der Waals surface area (Å²) in [5, 5.41) is 10.6. The maximum Gasteiger partial charge on any atom is 0.342 e. The van der Waals surface area contributed by atoms with Crippen LogP contribution in [0.25, 0.3) is 22.3 Å². The Balaban J connectivity index is 1.81. The lowest BCUT2D eigenvalue weighted by Gasteiger charge is -2.13. The quantitative estimate of drug-likeness (QED) is 0.293. The fraction of sp³-hybridized carbons (Fsp3) is 0.192. The number of fused-ring (bicyclic) bond motifs is 1. The molecule has 0 amide bonds. The summed E-state index contributed by atoms with van der Waals surface area (Å²) in [5.41, 5.74) is 1.33. The molecular formula is C26H24FNO7S. The number of sulfonamides is 1. The fourth-order valence-electron chi connectivity index (χ4n) is 3.72. The van der Waals surface area contributed by atoms with Crippen molar-refractivity contribution in [2.24, 2.45) is 0 Å². The van der Waals surface area contributed by atoms with Crippen molar-refractivity contribution in [1.82, 2.24) is 0 Å². The highest BCUT2D eigenvalue weighted by Gasteiger charge is 2.26. The standard InChI is InChI=1S/C26H24FNO7S/c1-4-33-26(30)24-21-13-20(15(2)29)22(28-36(3,31)32)14-23(21)35-25(24)16-5-9-18(10-6-16)34-19-11-7-17(27)8-12-19/h5-15,28-29H,4H2,1-3H3. The summed E-state index contributed by atoms with van der Waals surface area (Å²) in [5.74, 6) is 0.151. The summed E-state index contributed by atoms with van der Waals surface area (Å²) < 4.78 is 56.2. The van der Waals surface area contributed by atoms with Crippen molar-refractivity contribution in [2.75, 3.05) is 17.6 Å². The smallest absolute Gasteiger partial charge is 0.342 e. The van der Waals surface area contributed by atoms with Gasteiger partial charge in [-0.15, -0.1) is 0 Å². The van der Waals surface area contributed by atoms with Crippen LogP contribution in [0.5, 0.6) is 11.5 Å². The van der Waals surface area contributed by atoms with Gasteiger partial charge in [0, 0.05) is 22.6 Å². The minimum absolute atomic E-state index is 0.131. The average molecular weight is 514 g/mol. The average Bonchev–Trinajstić information content (AvgIpc) is 3.18. The fourth-order valence-corrected chi connectivity index (χ4v) is 4.29. The van der Waals surface area contributed by atoms with Crippen LogP contribution in [-0.2, 0) is 14.8 Å². The first-order valence-electron chi connectivity index (χ1n) is 11.0. The summed E-state index contributed by atoms with van der Waals surface area (Å²) >= 11 is 0. The van der Waals surface area contributed by atoms with E-state index in [1.807, 2.05) is 0 Å². The van der Waals surface area contributed by atoms with Crippen molar-refractivity contribution in [2.45, 2.75) is 20.0 Å². The zero-order valence-electron chi connectivity index (χ0n) is 19.7. The Kier molecular flexibility index (Phi) is 7.00. The molecule has 0 saturated heterocycles.